The quantitative estimate of drug-likeness (QED) is 0.874. The number of halogens is 2. The molecule has 1 aliphatic heterocycles. The molecular weight excluding hydrogens is 313 g/mol. The van der Waals surface area contributed by atoms with E-state index in [0.717, 1.165) is 34.5 Å². The van der Waals surface area contributed by atoms with Crippen LogP contribution < -0.4 is 5.32 Å². The zero-order valence-electron chi connectivity index (χ0n) is 10.8. The first-order valence-corrected chi connectivity index (χ1v) is 8.37. The van der Waals surface area contributed by atoms with Crippen molar-refractivity contribution in [3.8, 4) is 0 Å². The first kappa shape index (κ1) is 14.4. The molecule has 1 aromatic rings. The van der Waals surface area contributed by atoms with E-state index in [-0.39, 0.29) is 11.9 Å². The van der Waals surface area contributed by atoms with Crippen molar-refractivity contribution < 1.29 is 4.39 Å². The Morgan fingerprint density at radius 2 is 2.28 bits per heavy atom. The van der Waals surface area contributed by atoms with Crippen molar-refractivity contribution in [2.45, 2.75) is 32.1 Å². The predicted octanol–water partition coefficient (Wildman–Crippen LogP) is 4.51. The normalized spacial score (nSPS) is 23.6. The van der Waals surface area contributed by atoms with Crippen molar-refractivity contribution in [1.29, 1.82) is 0 Å². The summed E-state index contributed by atoms with van der Waals surface area (Å²) >= 11 is 5.43. The number of rotatable bonds is 3. The van der Waals surface area contributed by atoms with Gasteiger partial charge in [0.25, 0.3) is 0 Å². The molecule has 1 heterocycles. The third kappa shape index (κ3) is 3.09. The fourth-order valence-electron chi connectivity index (χ4n) is 2.41. The van der Waals surface area contributed by atoms with Gasteiger partial charge in [0.15, 0.2) is 0 Å². The molecule has 1 nitrogen and oxygen atoms in total. The van der Waals surface area contributed by atoms with Gasteiger partial charge in [0, 0.05) is 16.3 Å². The van der Waals surface area contributed by atoms with E-state index in [1.165, 1.54) is 5.56 Å². The van der Waals surface area contributed by atoms with Gasteiger partial charge < -0.3 is 5.32 Å². The Labute approximate surface area is 121 Å². The topological polar surface area (TPSA) is 12.0 Å². The van der Waals surface area contributed by atoms with Gasteiger partial charge in [-0.05, 0) is 47.9 Å². The van der Waals surface area contributed by atoms with Crippen LogP contribution in [0.5, 0.6) is 0 Å². The molecule has 0 fully saturated rings. The van der Waals surface area contributed by atoms with Crippen molar-refractivity contribution in [3.05, 3.63) is 33.5 Å². The molecule has 0 saturated carbocycles. The van der Waals surface area contributed by atoms with E-state index in [0.29, 0.717) is 5.92 Å². The molecule has 2 atom stereocenters. The molecule has 0 bridgehead atoms. The molecule has 0 spiro atoms. The molecule has 1 N–H and O–H groups in total. The van der Waals surface area contributed by atoms with E-state index < -0.39 is 0 Å². The molecule has 1 aliphatic rings. The van der Waals surface area contributed by atoms with Crippen LogP contribution in [-0.2, 0) is 5.75 Å². The maximum Gasteiger partial charge on any atom is 0.124 e. The van der Waals surface area contributed by atoms with Gasteiger partial charge in [-0.1, -0.05) is 29.8 Å². The highest BCUT2D eigenvalue weighted by Gasteiger charge is 2.26. The second-order valence-electron chi connectivity index (χ2n) is 4.88. The molecule has 0 aliphatic carbocycles. The van der Waals surface area contributed by atoms with Crippen LogP contribution in [0.3, 0.4) is 0 Å². The molecule has 4 heteroatoms. The minimum absolute atomic E-state index is 0.150. The molecule has 0 radical (unpaired) electrons. The average molecular weight is 332 g/mol. The summed E-state index contributed by atoms with van der Waals surface area (Å²) in [4.78, 5) is 0. The lowest BCUT2D eigenvalue weighted by molar-refractivity contribution is 0.417. The van der Waals surface area contributed by atoms with Crippen LogP contribution in [0.4, 0.5) is 4.39 Å². The van der Waals surface area contributed by atoms with Crippen molar-refractivity contribution >= 4 is 27.7 Å². The minimum atomic E-state index is -0.150. The maximum atomic E-state index is 13.6. The van der Waals surface area contributed by atoms with Crippen LogP contribution in [0.25, 0.3) is 0 Å². The zero-order valence-corrected chi connectivity index (χ0v) is 13.2. The third-order valence-corrected chi connectivity index (χ3v) is 5.30. The lowest BCUT2D eigenvalue weighted by atomic mass is 9.92. The van der Waals surface area contributed by atoms with Gasteiger partial charge in [-0.3, -0.25) is 0 Å². The summed E-state index contributed by atoms with van der Waals surface area (Å²) in [5.41, 5.74) is 2.38. The van der Waals surface area contributed by atoms with Crippen LogP contribution in [0.15, 0.2) is 16.6 Å². The largest absolute Gasteiger partial charge is 0.310 e. The molecule has 1 aromatic carbocycles. The predicted molar refractivity (Wildman–Crippen MR) is 80.5 cm³/mol. The lowest BCUT2D eigenvalue weighted by Gasteiger charge is -2.25. The van der Waals surface area contributed by atoms with Gasteiger partial charge in [0.1, 0.15) is 5.82 Å². The summed E-state index contributed by atoms with van der Waals surface area (Å²) in [5, 5.41) is 3.57. The number of fused-ring (bicyclic) bond motifs is 1. The van der Waals surface area contributed by atoms with Crippen LogP contribution in [-0.4, -0.2) is 12.3 Å². The monoisotopic (exact) mass is 331 g/mol. The Hall–Kier alpha value is -0.0600. The van der Waals surface area contributed by atoms with Crippen molar-refractivity contribution in [2.24, 2.45) is 5.92 Å². The Kier molecular flexibility index (Phi) is 5.10. The minimum Gasteiger partial charge on any atom is -0.310 e. The van der Waals surface area contributed by atoms with Crippen LogP contribution in [0.1, 0.15) is 37.4 Å². The Bertz CT molecular complexity index is 425. The van der Waals surface area contributed by atoms with Crippen LogP contribution >= 0.6 is 27.7 Å². The van der Waals surface area contributed by atoms with Crippen molar-refractivity contribution in [2.75, 3.05) is 12.3 Å². The van der Waals surface area contributed by atoms with Gasteiger partial charge >= 0.3 is 0 Å². The number of hydrogen-bond donors (Lipinski definition) is 1. The number of nitrogens with one attached hydrogen (secondary N) is 1. The highest BCUT2D eigenvalue weighted by atomic mass is 79.9. The van der Waals surface area contributed by atoms with E-state index in [9.17, 15) is 4.39 Å². The van der Waals surface area contributed by atoms with Crippen LogP contribution in [0.2, 0.25) is 0 Å². The third-order valence-electron chi connectivity index (χ3n) is 3.34. The SMILES string of the molecule is CCCNC1c2cc(F)cc(Br)c2CSCC1C. The summed E-state index contributed by atoms with van der Waals surface area (Å²) in [5.74, 6) is 2.45. The molecular formula is C14H19BrFNS. The second-order valence-corrected chi connectivity index (χ2v) is 6.76. The van der Waals surface area contributed by atoms with Crippen molar-refractivity contribution in [1.82, 2.24) is 5.32 Å². The van der Waals surface area contributed by atoms with E-state index >= 15 is 0 Å². The molecule has 100 valence electrons. The number of benzene rings is 1. The lowest BCUT2D eigenvalue weighted by Crippen LogP contribution is -2.28. The smallest absolute Gasteiger partial charge is 0.124 e. The summed E-state index contributed by atoms with van der Waals surface area (Å²) in [6.45, 7) is 5.38. The first-order valence-electron chi connectivity index (χ1n) is 6.42. The number of hydrogen-bond acceptors (Lipinski definition) is 2. The highest BCUT2D eigenvalue weighted by Crippen LogP contribution is 2.38. The average Bonchev–Trinajstić information content (AvgIpc) is 2.46. The molecule has 0 amide bonds. The van der Waals surface area contributed by atoms with Gasteiger partial charge in [-0.2, -0.15) is 11.8 Å². The summed E-state index contributed by atoms with van der Waals surface area (Å²) in [6, 6.07) is 3.55. The maximum absolute atomic E-state index is 13.6. The number of thioether (sulfide) groups is 1. The standard InChI is InChI=1S/C14H19BrFNS/c1-3-4-17-14-9(2)7-18-8-12-11(14)5-10(16)6-13(12)15/h5-6,9,14,17H,3-4,7-8H2,1-2H3. The van der Waals surface area contributed by atoms with Gasteiger partial charge in [0.05, 0.1) is 0 Å². The van der Waals surface area contributed by atoms with Crippen LogP contribution in [0, 0.1) is 11.7 Å². The zero-order chi connectivity index (χ0) is 13.1. The summed E-state index contributed by atoms with van der Waals surface area (Å²) < 4.78 is 14.6. The molecule has 2 rings (SSSR count). The Balaban J connectivity index is 2.40. The van der Waals surface area contributed by atoms with E-state index in [1.54, 1.807) is 12.1 Å². The summed E-state index contributed by atoms with van der Waals surface area (Å²) in [6.07, 6.45) is 1.10. The van der Waals surface area contributed by atoms with Gasteiger partial charge in [-0.15, -0.1) is 0 Å². The van der Waals surface area contributed by atoms with Gasteiger partial charge in [0.2, 0.25) is 0 Å². The van der Waals surface area contributed by atoms with Crippen molar-refractivity contribution in [3.63, 3.8) is 0 Å². The van der Waals surface area contributed by atoms with E-state index in [4.69, 9.17) is 0 Å². The second kappa shape index (κ2) is 6.40. The van der Waals surface area contributed by atoms with E-state index in [1.807, 2.05) is 11.8 Å². The first-order chi connectivity index (χ1) is 8.63. The molecule has 0 saturated heterocycles. The summed E-state index contributed by atoms with van der Waals surface area (Å²) in [7, 11) is 0. The molecule has 0 aromatic heterocycles. The molecule has 2 unspecified atom stereocenters. The van der Waals surface area contributed by atoms with E-state index in [2.05, 4.69) is 35.1 Å². The molecule has 18 heavy (non-hydrogen) atoms. The Morgan fingerprint density at radius 1 is 1.50 bits per heavy atom. The Morgan fingerprint density at radius 3 is 3.00 bits per heavy atom. The fraction of sp³-hybridized carbons (Fsp3) is 0.571. The van der Waals surface area contributed by atoms with Gasteiger partial charge in [-0.25, -0.2) is 4.39 Å². The highest BCUT2D eigenvalue weighted by molar-refractivity contribution is 9.10. The fourth-order valence-corrected chi connectivity index (χ4v) is 4.40.